The molecule has 4 aliphatic rings. The summed E-state index contributed by atoms with van der Waals surface area (Å²) in [5.74, 6) is -0.246. The number of H-pyrrole nitrogens is 1. The average Bonchev–Trinajstić information content (AvgIpc) is 3.60. The molecule has 2 saturated carbocycles. The largest absolute Gasteiger partial charge is 0.504 e. The molecule has 1 saturated heterocycles. The van der Waals surface area contributed by atoms with E-state index in [1.165, 1.54) is 16.2 Å². The van der Waals surface area contributed by atoms with Crippen LogP contribution in [-0.4, -0.2) is 33.8 Å². The number of carbonyl (C=O) groups is 2. The molecule has 36 heavy (non-hydrogen) atoms. The zero-order valence-corrected chi connectivity index (χ0v) is 21.1. The number of thioether (sulfide) groups is 1. The predicted molar refractivity (Wildman–Crippen MR) is 137 cm³/mol. The number of aromatic nitrogens is 1. The van der Waals surface area contributed by atoms with Crippen molar-refractivity contribution in [2.45, 2.75) is 29.5 Å². The van der Waals surface area contributed by atoms with E-state index in [-0.39, 0.29) is 63.2 Å². The lowest BCUT2D eigenvalue weighted by molar-refractivity contribution is -0.123. The molecule has 0 spiro atoms. The Morgan fingerprint density at radius 3 is 2.56 bits per heavy atom. The van der Waals surface area contributed by atoms with Crippen LogP contribution in [0.4, 0.5) is 5.69 Å². The highest BCUT2D eigenvalue weighted by molar-refractivity contribution is 8.00. The maximum Gasteiger partial charge on any atom is 0.305 e. The number of phenolic OH excluding ortho intramolecular Hbond substituents is 1. The van der Waals surface area contributed by atoms with Crippen LogP contribution in [0, 0.1) is 29.6 Å². The van der Waals surface area contributed by atoms with Crippen molar-refractivity contribution in [1.82, 2.24) is 4.98 Å². The van der Waals surface area contributed by atoms with Gasteiger partial charge in [0.15, 0.2) is 11.5 Å². The van der Waals surface area contributed by atoms with Crippen LogP contribution >= 0.6 is 23.1 Å². The van der Waals surface area contributed by atoms with Gasteiger partial charge in [-0.3, -0.25) is 19.3 Å². The highest BCUT2D eigenvalue weighted by Gasteiger charge is 2.69. The van der Waals surface area contributed by atoms with Crippen molar-refractivity contribution >= 4 is 40.6 Å². The van der Waals surface area contributed by atoms with E-state index in [4.69, 9.17) is 4.74 Å². The summed E-state index contributed by atoms with van der Waals surface area (Å²) >= 11 is 2.89. The Morgan fingerprint density at radius 2 is 1.81 bits per heavy atom. The van der Waals surface area contributed by atoms with Gasteiger partial charge in [-0.2, -0.15) is 0 Å². The van der Waals surface area contributed by atoms with Crippen LogP contribution in [0.15, 0.2) is 58.4 Å². The van der Waals surface area contributed by atoms with Gasteiger partial charge in [0.25, 0.3) is 0 Å². The Hall–Kier alpha value is -3.04. The minimum absolute atomic E-state index is 0.0439. The maximum atomic E-state index is 13.7. The molecule has 2 aliphatic heterocycles. The normalized spacial score (nSPS) is 31.9. The number of imide groups is 1. The highest BCUT2D eigenvalue weighted by Crippen LogP contribution is 2.68. The second-order valence-corrected chi connectivity index (χ2v) is 12.2. The second kappa shape index (κ2) is 7.98. The number of ether oxygens (including phenoxy) is 1. The molecule has 2 bridgehead atoms. The molecule has 2 aromatic carbocycles. The standard InChI is InChI=1S/C27H24N2O5S2/c1-2-34-17-10-12(8-9-16(17)30)18-19-14-11-15(22(19)35-24-23(18)36-27(33)28-24)21-20(14)25(31)29(26(21)32)13-6-4-3-5-7-13/h3-10,14-15,18-22,30H,2,11H2,1H3,(H,28,33)/t14-,15+,18+,19+,20+,21+,22-/m1/s1. The third-order valence-corrected chi connectivity index (χ3v) is 11.0. The molecule has 2 N–H and O–H groups in total. The van der Waals surface area contributed by atoms with E-state index in [2.05, 4.69) is 4.98 Å². The van der Waals surface area contributed by atoms with E-state index in [1.807, 2.05) is 49.4 Å². The predicted octanol–water partition coefficient (Wildman–Crippen LogP) is 4.22. The fourth-order valence-electron chi connectivity index (χ4n) is 7.22. The molecule has 3 fully saturated rings. The van der Waals surface area contributed by atoms with E-state index in [1.54, 1.807) is 17.8 Å². The molecule has 184 valence electrons. The Balaban J connectivity index is 1.33. The monoisotopic (exact) mass is 520 g/mol. The minimum atomic E-state index is -0.340. The van der Waals surface area contributed by atoms with Gasteiger partial charge in [-0.05, 0) is 60.9 Å². The number of anilines is 1. The van der Waals surface area contributed by atoms with Gasteiger partial charge < -0.3 is 14.8 Å². The molecule has 1 aromatic heterocycles. The molecule has 2 amide bonds. The van der Waals surface area contributed by atoms with Crippen molar-refractivity contribution in [3.8, 4) is 11.5 Å². The number of aromatic hydroxyl groups is 1. The Bertz CT molecular complexity index is 1450. The van der Waals surface area contributed by atoms with Crippen molar-refractivity contribution < 1.29 is 19.4 Å². The topological polar surface area (TPSA) is 99.7 Å². The first-order chi connectivity index (χ1) is 17.5. The summed E-state index contributed by atoms with van der Waals surface area (Å²) in [5.41, 5.74) is 1.60. The fourth-order valence-corrected chi connectivity index (χ4v) is 10.1. The molecule has 3 heterocycles. The quantitative estimate of drug-likeness (QED) is 0.500. The van der Waals surface area contributed by atoms with Crippen LogP contribution < -0.4 is 14.5 Å². The van der Waals surface area contributed by atoms with E-state index < -0.39 is 0 Å². The van der Waals surface area contributed by atoms with Crippen LogP contribution in [-0.2, 0) is 9.59 Å². The number of thiazole rings is 1. The number of aromatic amines is 1. The number of rotatable bonds is 4. The van der Waals surface area contributed by atoms with Gasteiger partial charge in [-0.15, -0.1) is 11.8 Å². The first-order valence-corrected chi connectivity index (χ1v) is 14.0. The SMILES string of the molecule is CCOc1cc([C@@H]2c3sc(=O)[nH]c3S[C@@H]3[C@H]4C[C@@H]([C@@H]5C(=O)N(c6ccccc6)C(=O)[C@@H]45)[C@@H]23)ccc1O. The van der Waals surface area contributed by atoms with Gasteiger partial charge in [0.2, 0.25) is 11.8 Å². The molecule has 0 unspecified atom stereocenters. The maximum absolute atomic E-state index is 13.7. The van der Waals surface area contributed by atoms with Gasteiger partial charge in [0.05, 0.1) is 29.2 Å². The van der Waals surface area contributed by atoms with E-state index >= 15 is 0 Å². The summed E-state index contributed by atoms with van der Waals surface area (Å²) < 4.78 is 5.67. The summed E-state index contributed by atoms with van der Waals surface area (Å²) in [6.45, 7) is 2.29. The number of carbonyl (C=O) groups excluding carboxylic acids is 2. The van der Waals surface area contributed by atoms with Gasteiger partial charge in [-0.1, -0.05) is 35.6 Å². The van der Waals surface area contributed by atoms with Crippen LogP contribution in [0.5, 0.6) is 11.5 Å². The van der Waals surface area contributed by atoms with Crippen LogP contribution in [0.25, 0.3) is 0 Å². The lowest BCUT2D eigenvalue weighted by Gasteiger charge is -2.43. The number of fused-ring (bicyclic) bond motifs is 9. The number of hydrogen-bond donors (Lipinski definition) is 2. The van der Waals surface area contributed by atoms with Crippen LogP contribution in [0.3, 0.4) is 0 Å². The van der Waals surface area contributed by atoms with Gasteiger partial charge >= 0.3 is 4.87 Å². The first-order valence-electron chi connectivity index (χ1n) is 12.3. The van der Waals surface area contributed by atoms with Crippen molar-refractivity contribution in [3.63, 3.8) is 0 Å². The highest BCUT2D eigenvalue weighted by atomic mass is 32.2. The van der Waals surface area contributed by atoms with E-state index in [0.717, 1.165) is 21.9 Å². The molecule has 0 radical (unpaired) electrons. The first kappa shape index (κ1) is 22.2. The third kappa shape index (κ3) is 2.96. The Morgan fingerprint density at radius 1 is 1.06 bits per heavy atom. The fraction of sp³-hybridized carbons (Fsp3) is 0.370. The second-order valence-electron chi connectivity index (χ2n) is 9.97. The van der Waals surface area contributed by atoms with E-state index in [9.17, 15) is 19.5 Å². The summed E-state index contributed by atoms with van der Waals surface area (Å²) in [4.78, 5) is 45.1. The molecule has 7 atom stereocenters. The average molecular weight is 521 g/mol. The summed E-state index contributed by atoms with van der Waals surface area (Å²) in [6, 6.07) is 14.6. The number of para-hydroxylation sites is 1. The molecule has 2 aliphatic carbocycles. The molecule has 9 heteroatoms. The molecule has 3 aromatic rings. The van der Waals surface area contributed by atoms with E-state index in [0.29, 0.717) is 18.0 Å². The number of amides is 2. The minimum Gasteiger partial charge on any atom is -0.504 e. The smallest absolute Gasteiger partial charge is 0.305 e. The third-order valence-electron chi connectivity index (χ3n) is 8.38. The molecular weight excluding hydrogens is 496 g/mol. The number of nitrogens with zero attached hydrogens (tertiary/aromatic N) is 1. The zero-order valence-electron chi connectivity index (χ0n) is 19.4. The summed E-state index contributed by atoms with van der Waals surface area (Å²) in [5, 5.41) is 11.3. The number of nitrogens with one attached hydrogen (secondary N) is 1. The van der Waals surface area contributed by atoms with Crippen molar-refractivity contribution in [2.24, 2.45) is 29.6 Å². The zero-order chi connectivity index (χ0) is 24.7. The van der Waals surface area contributed by atoms with Crippen molar-refractivity contribution in [2.75, 3.05) is 11.5 Å². The lowest BCUT2D eigenvalue weighted by atomic mass is 9.68. The number of phenols is 1. The van der Waals surface area contributed by atoms with Gasteiger partial charge in [0, 0.05) is 16.0 Å². The van der Waals surface area contributed by atoms with Gasteiger partial charge in [-0.25, -0.2) is 0 Å². The Kier molecular flexibility index (Phi) is 4.92. The van der Waals surface area contributed by atoms with Crippen molar-refractivity contribution in [3.05, 3.63) is 68.6 Å². The van der Waals surface area contributed by atoms with Crippen LogP contribution in [0.1, 0.15) is 29.7 Å². The molecule has 7 nitrogen and oxygen atoms in total. The number of benzene rings is 2. The molecule has 7 rings (SSSR count). The van der Waals surface area contributed by atoms with Gasteiger partial charge in [0.1, 0.15) is 0 Å². The van der Waals surface area contributed by atoms with Crippen molar-refractivity contribution in [1.29, 1.82) is 0 Å². The van der Waals surface area contributed by atoms with Crippen LogP contribution in [0.2, 0.25) is 0 Å². The summed E-state index contributed by atoms with van der Waals surface area (Å²) in [6.07, 6.45) is 0.837. The summed E-state index contributed by atoms with van der Waals surface area (Å²) in [7, 11) is 0. The lowest BCUT2D eigenvalue weighted by Crippen LogP contribution is -2.42. The molecular formula is C27H24N2O5S2. The Labute approximate surface area is 215 Å². The number of hydrogen-bond acceptors (Lipinski definition) is 7.